The van der Waals surface area contributed by atoms with E-state index < -0.39 is 0 Å². The second-order valence-electron chi connectivity index (χ2n) is 8.56. The van der Waals surface area contributed by atoms with E-state index in [1.54, 1.807) is 6.07 Å². The van der Waals surface area contributed by atoms with Crippen LogP contribution in [0.2, 0.25) is 0 Å². The summed E-state index contributed by atoms with van der Waals surface area (Å²) in [5.41, 5.74) is 3.76. The molecule has 2 aromatic rings. The molecule has 0 unspecified atom stereocenters. The van der Waals surface area contributed by atoms with Gasteiger partial charge in [-0.3, -0.25) is 4.79 Å². The Bertz CT molecular complexity index is 944. The molecular formula is C24H27FN2O3. The first-order chi connectivity index (χ1) is 14.7. The van der Waals surface area contributed by atoms with Crippen LogP contribution in [0.5, 0.6) is 0 Å². The van der Waals surface area contributed by atoms with Crippen molar-refractivity contribution in [3.8, 4) is 11.1 Å². The van der Waals surface area contributed by atoms with Crippen LogP contribution in [0.25, 0.3) is 11.1 Å². The van der Waals surface area contributed by atoms with Crippen LogP contribution in [-0.4, -0.2) is 48.3 Å². The van der Waals surface area contributed by atoms with E-state index in [1.807, 2.05) is 23.1 Å². The minimum Gasteiger partial charge on any atom is -0.394 e. The summed E-state index contributed by atoms with van der Waals surface area (Å²) < 4.78 is 19.2. The number of benzene rings is 2. The van der Waals surface area contributed by atoms with Gasteiger partial charge in [-0.15, -0.1) is 0 Å². The van der Waals surface area contributed by atoms with Crippen LogP contribution in [0.15, 0.2) is 42.5 Å². The maximum absolute atomic E-state index is 13.8. The number of fused-ring (bicyclic) bond motifs is 3. The fourth-order valence-corrected chi connectivity index (χ4v) is 5.34. The molecule has 0 bridgehead atoms. The number of anilines is 1. The average Bonchev–Trinajstić information content (AvgIpc) is 3.24. The third kappa shape index (κ3) is 3.38. The number of carbonyl (C=O) groups excluding carboxylic acids is 1. The quantitative estimate of drug-likeness (QED) is 0.812. The van der Waals surface area contributed by atoms with Crippen molar-refractivity contribution in [2.75, 3.05) is 31.7 Å². The smallest absolute Gasteiger partial charge is 0.226 e. The Balaban J connectivity index is 1.53. The second-order valence-corrected chi connectivity index (χ2v) is 8.56. The first-order valence-electron chi connectivity index (χ1n) is 10.8. The van der Waals surface area contributed by atoms with E-state index in [0.29, 0.717) is 19.8 Å². The highest BCUT2D eigenvalue weighted by molar-refractivity contribution is 5.81. The van der Waals surface area contributed by atoms with Gasteiger partial charge in [0.1, 0.15) is 5.82 Å². The molecule has 5 nitrogen and oxygen atoms in total. The lowest BCUT2D eigenvalue weighted by atomic mass is 9.82. The number of ether oxygens (including phenoxy) is 1. The first kappa shape index (κ1) is 19.5. The maximum atomic E-state index is 13.8. The fraction of sp³-hybridized carbons (Fsp3) is 0.458. The number of nitrogens with one attached hydrogen (secondary N) is 1. The zero-order chi connectivity index (χ0) is 20.7. The summed E-state index contributed by atoms with van der Waals surface area (Å²) in [7, 11) is 0. The number of aliphatic hydroxyl groups excluding tert-OH is 1. The lowest BCUT2D eigenvalue weighted by Crippen LogP contribution is -2.44. The van der Waals surface area contributed by atoms with E-state index in [4.69, 9.17) is 4.74 Å². The van der Waals surface area contributed by atoms with Crippen molar-refractivity contribution in [2.24, 2.45) is 11.8 Å². The standard InChI is InChI=1S/C24H27FN2O3/c25-18-3-1-2-16(12-18)17-4-5-21-20(13-17)23-19(22(14-28)26-21)6-9-27(23)24(29)15-7-10-30-11-8-15/h1-5,12-13,15,19,22-23,26,28H,6-11,14H2/t19-,22-,23+/m0/s1. The molecule has 2 aromatic carbocycles. The summed E-state index contributed by atoms with van der Waals surface area (Å²) in [6.07, 6.45) is 2.40. The Kier molecular flexibility index (Phi) is 5.21. The Morgan fingerprint density at radius 2 is 1.93 bits per heavy atom. The van der Waals surface area contributed by atoms with E-state index in [0.717, 1.165) is 41.6 Å². The Morgan fingerprint density at radius 1 is 1.13 bits per heavy atom. The summed E-state index contributed by atoms with van der Waals surface area (Å²) in [6.45, 7) is 2.01. The Labute approximate surface area is 175 Å². The zero-order valence-electron chi connectivity index (χ0n) is 16.9. The van der Waals surface area contributed by atoms with Crippen molar-refractivity contribution in [3.63, 3.8) is 0 Å². The summed E-state index contributed by atoms with van der Waals surface area (Å²) in [5, 5.41) is 13.4. The molecule has 6 heteroatoms. The molecule has 2 saturated heterocycles. The van der Waals surface area contributed by atoms with Gasteiger partial charge in [-0.2, -0.15) is 0 Å². The molecule has 158 valence electrons. The molecule has 0 spiro atoms. The summed E-state index contributed by atoms with van der Waals surface area (Å²) in [6, 6.07) is 12.5. The lowest BCUT2D eigenvalue weighted by molar-refractivity contribution is -0.140. The van der Waals surface area contributed by atoms with Gasteiger partial charge in [-0.05, 0) is 60.2 Å². The molecule has 0 saturated carbocycles. The van der Waals surface area contributed by atoms with Crippen molar-refractivity contribution < 1.29 is 19.0 Å². The van der Waals surface area contributed by atoms with Gasteiger partial charge in [0.05, 0.1) is 18.7 Å². The summed E-state index contributed by atoms with van der Waals surface area (Å²) in [4.78, 5) is 15.4. The number of aliphatic hydroxyl groups is 1. The zero-order valence-corrected chi connectivity index (χ0v) is 16.9. The molecule has 2 fully saturated rings. The Morgan fingerprint density at radius 3 is 2.70 bits per heavy atom. The molecular weight excluding hydrogens is 383 g/mol. The van der Waals surface area contributed by atoms with Crippen LogP contribution in [0, 0.1) is 17.7 Å². The summed E-state index contributed by atoms with van der Waals surface area (Å²) >= 11 is 0. The van der Waals surface area contributed by atoms with Gasteiger partial charge in [0.15, 0.2) is 0 Å². The molecule has 3 aliphatic heterocycles. The highest BCUT2D eigenvalue weighted by atomic mass is 19.1. The molecule has 0 aromatic heterocycles. The summed E-state index contributed by atoms with van der Waals surface area (Å²) in [5.74, 6) is 0.106. The molecule has 5 rings (SSSR count). The van der Waals surface area contributed by atoms with E-state index >= 15 is 0 Å². The highest BCUT2D eigenvalue weighted by Gasteiger charge is 2.46. The Hall–Kier alpha value is -2.44. The molecule has 1 amide bonds. The number of amides is 1. The molecule has 0 aliphatic carbocycles. The number of carbonyl (C=O) groups is 1. The number of hydrogen-bond acceptors (Lipinski definition) is 4. The van der Waals surface area contributed by atoms with Crippen LogP contribution in [0.4, 0.5) is 10.1 Å². The van der Waals surface area contributed by atoms with Gasteiger partial charge in [0, 0.05) is 37.3 Å². The monoisotopic (exact) mass is 410 g/mol. The van der Waals surface area contributed by atoms with Crippen molar-refractivity contribution in [3.05, 3.63) is 53.8 Å². The second kappa shape index (κ2) is 8.00. The van der Waals surface area contributed by atoms with Gasteiger partial charge >= 0.3 is 0 Å². The van der Waals surface area contributed by atoms with Crippen LogP contribution in [0.1, 0.15) is 30.9 Å². The van der Waals surface area contributed by atoms with Gasteiger partial charge in [-0.1, -0.05) is 18.2 Å². The SMILES string of the molecule is O=C(C1CCOCC1)N1CC[C@H]2[C@H](CO)Nc3ccc(-c4cccc(F)c4)cc3[C@@H]21. The number of nitrogens with zero attached hydrogens (tertiary/aromatic N) is 1. The maximum Gasteiger partial charge on any atom is 0.226 e. The highest BCUT2D eigenvalue weighted by Crippen LogP contribution is 2.48. The van der Waals surface area contributed by atoms with E-state index in [1.165, 1.54) is 12.1 Å². The third-order valence-electron chi connectivity index (χ3n) is 6.88. The van der Waals surface area contributed by atoms with Gasteiger partial charge in [-0.25, -0.2) is 4.39 Å². The average molecular weight is 410 g/mol. The molecule has 30 heavy (non-hydrogen) atoms. The van der Waals surface area contributed by atoms with Crippen molar-refractivity contribution in [1.29, 1.82) is 0 Å². The van der Waals surface area contributed by atoms with Crippen LogP contribution in [0.3, 0.4) is 0 Å². The fourth-order valence-electron chi connectivity index (χ4n) is 5.34. The predicted molar refractivity (Wildman–Crippen MR) is 112 cm³/mol. The van der Waals surface area contributed by atoms with E-state index in [-0.39, 0.29) is 42.3 Å². The van der Waals surface area contributed by atoms with Crippen molar-refractivity contribution in [1.82, 2.24) is 4.90 Å². The van der Waals surface area contributed by atoms with Crippen LogP contribution >= 0.6 is 0 Å². The number of halogens is 1. The van der Waals surface area contributed by atoms with Gasteiger partial charge in [0.2, 0.25) is 5.91 Å². The van der Waals surface area contributed by atoms with Gasteiger partial charge in [0.25, 0.3) is 0 Å². The molecule has 2 N–H and O–H groups in total. The molecule has 0 radical (unpaired) electrons. The number of hydrogen-bond donors (Lipinski definition) is 2. The third-order valence-corrected chi connectivity index (χ3v) is 6.88. The van der Waals surface area contributed by atoms with E-state index in [2.05, 4.69) is 11.4 Å². The number of rotatable bonds is 3. The first-order valence-corrected chi connectivity index (χ1v) is 10.8. The van der Waals surface area contributed by atoms with Crippen molar-refractivity contribution >= 4 is 11.6 Å². The van der Waals surface area contributed by atoms with Crippen molar-refractivity contribution in [2.45, 2.75) is 31.3 Å². The molecule has 3 heterocycles. The van der Waals surface area contributed by atoms with Crippen LogP contribution in [-0.2, 0) is 9.53 Å². The number of likely N-dealkylation sites (tertiary alicyclic amines) is 1. The predicted octanol–water partition coefficient (Wildman–Crippen LogP) is 3.60. The van der Waals surface area contributed by atoms with E-state index in [9.17, 15) is 14.3 Å². The largest absolute Gasteiger partial charge is 0.394 e. The lowest BCUT2D eigenvalue weighted by Gasteiger charge is -2.40. The molecule has 3 atom stereocenters. The van der Waals surface area contributed by atoms with Crippen LogP contribution < -0.4 is 5.32 Å². The minimum atomic E-state index is -0.265. The minimum absolute atomic E-state index is 0.00909. The normalized spacial score (nSPS) is 26.1. The molecule has 3 aliphatic rings. The van der Waals surface area contributed by atoms with Gasteiger partial charge < -0.3 is 20.1 Å². The topological polar surface area (TPSA) is 61.8 Å².